The molecule has 0 saturated carbocycles. The lowest BCUT2D eigenvalue weighted by Crippen LogP contribution is -2.76. The van der Waals surface area contributed by atoms with Gasteiger partial charge < -0.3 is 11.1 Å². The molecule has 0 radical (unpaired) electrons. The van der Waals surface area contributed by atoms with E-state index in [0.717, 1.165) is 16.9 Å². The van der Waals surface area contributed by atoms with Crippen LogP contribution in [0.5, 0.6) is 0 Å². The molecule has 0 bridgehead atoms. The molecule has 0 spiro atoms. The van der Waals surface area contributed by atoms with Crippen molar-refractivity contribution < 1.29 is 5.32 Å². The smallest absolute Gasteiger partial charge is 0.157 e. The number of rotatable bonds is 4. The van der Waals surface area contributed by atoms with Crippen molar-refractivity contribution in [3.05, 3.63) is 41.6 Å². The molecule has 92 valence electrons. The molecule has 0 amide bonds. The molecule has 0 atom stereocenters. The lowest BCUT2D eigenvalue weighted by Gasteiger charge is -2.04. The summed E-state index contributed by atoms with van der Waals surface area (Å²) in [6, 6.07) is 9.34. The molecule has 0 unspecified atom stereocenters. The van der Waals surface area contributed by atoms with Gasteiger partial charge in [0.15, 0.2) is 5.69 Å². The van der Waals surface area contributed by atoms with Gasteiger partial charge in [0.2, 0.25) is 0 Å². The van der Waals surface area contributed by atoms with Crippen molar-refractivity contribution in [1.82, 2.24) is 10.2 Å². The molecular formula is C12H15N6+. The SMILES string of the molecule is Cc1ccc(N=N)c([NH2+]Cc2ccc(N)nn2)c1. The molecule has 0 aliphatic heterocycles. The normalized spacial score (nSPS) is 10.3. The summed E-state index contributed by atoms with van der Waals surface area (Å²) in [6.07, 6.45) is 0. The number of nitrogens with one attached hydrogen (secondary N) is 1. The highest BCUT2D eigenvalue weighted by molar-refractivity contribution is 5.57. The van der Waals surface area contributed by atoms with Crippen LogP contribution in [0, 0.1) is 12.5 Å². The van der Waals surface area contributed by atoms with Crippen molar-refractivity contribution in [2.75, 3.05) is 5.73 Å². The van der Waals surface area contributed by atoms with E-state index in [9.17, 15) is 0 Å². The van der Waals surface area contributed by atoms with Crippen LogP contribution in [0.1, 0.15) is 11.3 Å². The molecule has 1 aromatic carbocycles. The maximum Gasteiger partial charge on any atom is 0.157 e. The maximum atomic E-state index is 7.13. The summed E-state index contributed by atoms with van der Waals surface area (Å²) >= 11 is 0. The van der Waals surface area contributed by atoms with Gasteiger partial charge in [-0.1, -0.05) is 6.07 Å². The largest absolute Gasteiger partial charge is 0.382 e. The molecule has 5 N–H and O–H groups in total. The highest BCUT2D eigenvalue weighted by Gasteiger charge is 2.07. The number of quaternary nitrogens is 1. The summed E-state index contributed by atoms with van der Waals surface area (Å²) in [4.78, 5) is 0. The number of hydrogen-bond donors (Lipinski definition) is 3. The quantitative estimate of drug-likeness (QED) is 0.558. The van der Waals surface area contributed by atoms with Gasteiger partial charge in [-0.3, -0.25) is 0 Å². The van der Waals surface area contributed by atoms with E-state index in [4.69, 9.17) is 11.3 Å². The molecule has 1 aromatic heterocycles. The van der Waals surface area contributed by atoms with E-state index in [2.05, 4.69) is 15.3 Å². The molecule has 6 heteroatoms. The Balaban J connectivity index is 2.12. The lowest BCUT2D eigenvalue weighted by molar-refractivity contribution is -0.588. The molecule has 2 aromatic rings. The molecule has 2 rings (SSSR count). The van der Waals surface area contributed by atoms with E-state index in [1.165, 1.54) is 0 Å². The summed E-state index contributed by atoms with van der Waals surface area (Å²) in [5, 5.41) is 13.3. The van der Waals surface area contributed by atoms with Crippen LogP contribution in [0.3, 0.4) is 0 Å². The number of nitrogens with two attached hydrogens (primary N) is 2. The number of anilines is 1. The average molecular weight is 243 g/mol. The molecule has 0 aliphatic carbocycles. The number of aryl methyl sites for hydroxylation is 1. The Hall–Kier alpha value is -2.34. The lowest BCUT2D eigenvalue weighted by atomic mass is 10.2. The molecule has 0 fully saturated rings. The van der Waals surface area contributed by atoms with Gasteiger partial charge in [-0.05, 0) is 30.7 Å². The molecular weight excluding hydrogens is 228 g/mol. The van der Waals surface area contributed by atoms with Crippen LogP contribution in [-0.2, 0) is 6.54 Å². The number of nitrogen functional groups attached to an aromatic ring is 1. The Morgan fingerprint density at radius 3 is 2.78 bits per heavy atom. The molecule has 1 heterocycles. The summed E-state index contributed by atoms with van der Waals surface area (Å²) < 4.78 is 0. The third-order valence-corrected chi connectivity index (χ3v) is 2.57. The zero-order valence-electron chi connectivity index (χ0n) is 10.1. The highest BCUT2D eigenvalue weighted by Crippen LogP contribution is 2.21. The van der Waals surface area contributed by atoms with Crippen molar-refractivity contribution in [2.24, 2.45) is 5.11 Å². The van der Waals surface area contributed by atoms with Gasteiger partial charge in [-0.15, -0.1) is 10.2 Å². The second-order valence-corrected chi connectivity index (χ2v) is 4.03. The fourth-order valence-corrected chi connectivity index (χ4v) is 1.63. The first-order valence-electron chi connectivity index (χ1n) is 5.58. The summed E-state index contributed by atoms with van der Waals surface area (Å²) in [5.41, 5.74) is 16.2. The Bertz CT molecular complexity index is 549. The van der Waals surface area contributed by atoms with E-state index in [-0.39, 0.29) is 0 Å². The van der Waals surface area contributed by atoms with E-state index >= 15 is 0 Å². The topological polar surface area (TPSA) is 105 Å². The Kier molecular flexibility index (Phi) is 3.59. The highest BCUT2D eigenvalue weighted by atomic mass is 15.1. The second kappa shape index (κ2) is 5.33. The van der Waals surface area contributed by atoms with Gasteiger partial charge in [0, 0.05) is 6.07 Å². The van der Waals surface area contributed by atoms with Crippen LogP contribution in [-0.4, -0.2) is 10.2 Å². The van der Waals surface area contributed by atoms with Gasteiger partial charge in [-0.2, -0.15) is 5.11 Å². The van der Waals surface area contributed by atoms with E-state index in [1.807, 2.05) is 36.5 Å². The summed E-state index contributed by atoms with van der Waals surface area (Å²) in [6.45, 7) is 2.65. The molecule has 0 aliphatic rings. The van der Waals surface area contributed by atoms with Gasteiger partial charge in [0.05, 0.1) is 0 Å². The van der Waals surface area contributed by atoms with Gasteiger partial charge in [0.25, 0.3) is 0 Å². The zero-order chi connectivity index (χ0) is 13.0. The van der Waals surface area contributed by atoms with Crippen LogP contribution in [0.15, 0.2) is 35.4 Å². The predicted molar refractivity (Wildman–Crippen MR) is 67.7 cm³/mol. The van der Waals surface area contributed by atoms with Crippen LogP contribution in [0.25, 0.3) is 0 Å². The van der Waals surface area contributed by atoms with Crippen molar-refractivity contribution >= 4 is 17.2 Å². The maximum absolute atomic E-state index is 7.13. The zero-order valence-corrected chi connectivity index (χ0v) is 10.1. The van der Waals surface area contributed by atoms with Crippen molar-refractivity contribution in [2.45, 2.75) is 13.5 Å². The van der Waals surface area contributed by atoms with E-state index < -0.39 is 0 Å². The first-order valence-corrected chi connectivity index (χ1v) is 5.58. The fraction of sp³-hybridized carbons (Fsp3) is 0.167. The van der Waals surface area contributed by atoms with Gasteiger partial charge in [0.1, 0.15) is 23.7 Å². The standard InChI is InChI=1S/C12H14N6/c1-8-2-4-10(16-14)11(6-8)15-7-9-3-5-12(13)18-17-9/h2-6,14-15H,7H2,1H3,(H2,13,18)/p+1. The third-order valence-electron chi connectivity index (χ3n) is 2.57. The molecule has 6 nitrogen and oxygen atoms in total. The number of hydrogen-bond acceptors (Lipinski definition) is 5. The number of nitrogens with zero attached hydrogens (tertiary/aromatic N) is 3. The minimum Gasteiger partial charge on any atom is -0.382 e. The van der Waals surface area contributed by atoms with Crippen LogP contribution in [0.4, 0.5) is 17.2 Å². The fourth-order valence-electron chi connectivity index (χ4n) is 1.63. The van der Waals surface area contributed by atoms with Crippen LogP contribution in [0.2, 0.25) is 0 Å². The second-order valence-electron chi connectivity index (χ2n) is 4.03. The molecule has 0 saturated heterocycles. The number of aromatic nitrogens is 2. The Morgan fingerprint density at radius 1 is 1.28 bits per heavy atom. The number of benzene rings is 1. The Morgan fingerprint density at radius 2 is 2.11 bits per heavy atom. The average Bonchev–Trinajstić information content (AvgIpc) is 2.38. The van der Waals surface area contributed by atoms with Gasteiger partial charge >= 0.3 is 0 Å². The van der Waals surface area contributed by atoms with Gasteiger partial charge in [-0.25, -0.2) is 5.53 Å². The predicted octanol–water partition coefficient (Wildman–Crippen LogP) is 1.42. The third kappa shape index (κ3) is 2.86. The minimum absolute atomic E-state index is 0.413. The monoisotopic (exact) mass is 243 g/mol. The van der Waals surface area contributed by atoms with Crippen LogP contribution < -0.4 is 11.1 Å². The minimum atomic E-state index is 0.413. The first kappa shape index (κ1) is 12.1. The van der Waals surface area contributed by atoms with E-state index in [0.29, 0.717) is 18.1 Å². The van der Waals surface area contributed by atoms with Crippen molar-refractivity contribution in [3.8, 4) is 0 Å². The van der Waals surface area contributed by atoms with Crippen molar-refractivity contribution in [1.29, 1.82) is 5.53 Å². The Labute approximate surface area is 105 Å². The van der Waals surface area contributed by atoms with Crippen molar-refractivity contribution in [3.63, 3.8) is 0 Å². The van der Waals surface area contributed by atoms with Crippen LogP contribution >= 0.6 is 0 Å². The summed E-state index contributed by atoms with van der Waals surface area (Å²) in [7, 11) is 0. The van der Waals surface area contributed by atoms with E-state index in [1.54, 1.807) is 6.07 Å². The summed E-state index contributed by atoms with van der Waals surface area (Å²) in [5.74, 6) is 0.413. The molecule has 18 heavy (non-hydrogen) atoms. The first-order chi connectivity index (χ1) is 8.69.